The minimum Gasteiger partial charge on any atom is -0.377 e. The van der Waals surface area contributed by atoms with Crippen molar-refractivity contribution in [2.24, 2.45) is 7.05 Å². The smallest absolute Gasteiger partial charge is 0.191 e. The van der Waals surface area contributed by atoms with Crippen molar-refractivity contribution in [3.05, 3.63) is 35.9 Å². The van der Waals surface area contributed by atoms with E-state index in [1.807, 2.05) is 12.4 Å². The quantitative estimate of drug-likeness (QED) is 0.726. The van der Waals surface area contributed by atoms with Crippen LogP contribution in [-0.2, 0) is 18.3 Å². The Bertz CT molecular complexity index is 693. The van der Waals surface area contributed by atoms with Crippen molar-refractivity contribution in [3.8, 4) is 0 Å². The summed E-state index contributed by atoms with van der Waals surface area (Å²) in [6, 6.07) is 4.21. The molecule has 26 heavy (non-hydrogen) atoms. The average molecular weight is 374 g/mol. The Morgan fingerprint density at radius 3 is 2.69 bits per heavy atom. The summed E-state index contributed by atoms with van der Waals surface area (Å²) in [5.74, 6) is 2.64. The van der Waals surface area contributed by atoms with E-state index in [1.54, 1.807) is 11.8 Å². The van der Waals surface area contributed by atoms with Crippen molar-refractivity contribution in [1.29, 1.82) is 0 Å². The van der Waals surface area contributed by atoms with Gasteiger partial charge in [0.05, 0.1) is 6.10 Å². The van der Waals surface area contributed by atoms with E-state index in [0.717, 1.165) is 55.8 Å². The molecule has 6 nitrogen and oxygen atoms in total. The molecule has 0 radical (unpaired) electrons. The third kappa shape index (κ3) is 4.27. The molecule has 0 aromatic carbocycles. The first-order valence-electron chi connectivity index (χ1n) is 9.54. The lowest BCUT2D eigenvalue weighted by Crippen LogP contribution is -2.33. The number of pyridine rings is 1. The first-order chi connectivity index (χ1) is 12.8. The molecule has 1 atom stereocenters. The number of ether oxygens (including phenoxy) is 1. The summed E-state index contributed by atoms with van der Waals surface area (Å²) in [5, 5.41) is 9.98. The maximum absolute atomic E-state index is 5.71. The molecule has 1 unspecified atom stereocenters. The summed E-state index contributed by atoms with van der Waals surface area (Å²) < 4.78 is 7.91. The number of rotatable bonds is 6. The zero-order valence-electron chi connectivity index (χ0n) is 15.4. The van der Waals surface area contributed by atoms with Crippen molar-refractivity contribution in [3.63, 3.8) is 0 Å². The maximum Gasteiger partial charge on any atom is 0.191 e. The van der Waals surface area contributed by atoms with Gasteiger partial charge in [-0.2, -0.15) is 0 Å². The van der Waals surface area contributed by atoms with Crippen LogP contribution in [0.5, 0.6) is 0 Å². The van der Waals surface area contributed by atoms with Gasteiger partial charge in [-0.15, -0.1) is 10.2 Å². The number of likely N-dealkylation sites (tertiary alicyclic amines) is 1. The topological polar surface area (TPSA) is 56.1 Å². The Morgan fingerprint density at radius 1 is 1.15 bits per heavy atom. The third-order valence-corrected chi connectivity index (χ3v) is 6.55. The molecule has 140 valence electrons. The largest absolute Gasteiger partial charge is 0.377 e. The minimum atomic E-state index is 0.386. The van der Waals surface area contributed by atoms with Crippen LogP contribution < -0.4 is 0 Å². The molecule has 7 heteroatoms. The van der Waals surface area contributed by atoms with E-state index >= 15 is 0 Å². The van der Waals surface area contributed by atoms with E-state index in [2.05, 4.69) is 43.8 Å². The maximum atomic E-state index is 5.71. The van der Waals surface area contributed by atoms with Gasteiger partial charge < -0.3 is 9.30 Å². The summed E-state index contributed by atoms with van der Waals surface area (Å²) in [7, 11) is 2.11. The highest BCUT2D eigenvalue weighted by Crippen LogP contribution is 2.30. The van der Waals surface area contributed by atoms with Crippen molar-refractivity contribution in [2.75, 3.05) is 25.4 Å². The zero-order valence-corrected chi connectivity index (χ0v) is 16.2. The number of piperidine rings is 1. The van der Waals surface area contributed by atoms with E-state index in [1.165, 1.54) is 18.4 Å². The first kappa shape index (κ1) is 17.9. The lowest BCUT2D eigenvalue weighted by atomic mass is 9.95. The molecule has 0 N–H and O–H groups in total. The van der Waals surface area contributed by atoms with Crippen LogP contribution in [0.4, 0.5) is 0 Å². The normalized spacial score (nSPS) is 22.1. The van der Waals surface area contributed by atoms with Gasteiger partial charge in [0.1, 0.15) is 5.82 Å². The van der Waals surface area contributed by atoms with Crippen LogP contribution in [0, 0.1) is 0 Å². The monoisotopic (exact) mass is 373 g/mol. The molecule has 0 bridgehead atoms. The van der Waals surface area contributed by atoms with Crippen molar-refractivity contribution in [1.82, 2.24) is 24.6 Å². The Balaban J connectivity index is 1.30. The molecule has 0 aliphatic carbocycles. The van der Waals surface area contributed by atoms with Gasteiger partial charge in [-0.05, 0) is 56.5 Å². The van der Waals surface area contributed by atoms with Crippen LogP contribution in [0.1, 0.15) is 43.0 Å². The van der Waals surface area contributed by atoms with E-state index in [-0.39, 0.29) is 0 Å². The summed E-state index contributed by atoms with van der Waals surface area (Å²) in [5.41, 5.74) is 1.34. The second kappa shape index (κ2) is 8.50. The van der Waals surface area contributed by atoms with Crippen molar-refractivity contribution < 1.29 is 4.74 Å². The van der Waals surface area contributed by atoms with Gasteiger partial charge in [-0.3, -0.25) is 9.88 Å². The standard InChI is InChI=1S/C19H27N5OS/c1-23-18(21-22-19(23)26-14-17-3-2-12-25-17)16-6-10-24(11-7-16)13-15-4-8-20-9-5-15/h4-5,8-9,16-17H,2-3,6-7,10-14H2,1H3. The lowest BCUT2D eigenvalue weighted by Gasteiger charge is -2.31. The highest BCUT2D eigenvalue weighted by atomic mass is 32.2. The zero-order chi connectivity index (χ0) is 17.8. The summed E-state index contributed by atoms with van der Waals surface area (Å²) in [4.78, 5) is 6.62. The van der Waals surface area contributed by atoms with Crippen LogP contribution in [0.25, 0.3) is 0 Å². The molecular weight excluding hydrogens is 346 g/mol. The van der Waals surface area contributed by atoms with Gasteiger partial charge in [-0.25, -0.2) is 0 Å². The van der Waals surface area contributed by atoms with Gasteiger partial charge in [-0.1, -0.05) is 11.8 Å². The molecule has 0 saturated carbocycles. The predicted molar refractivity (Wildman–Crippen MR) is 102 cm³/mol. The Labute approximate surface area is 159 Å². The van der Waals surface area contributed by atoms with E-state index < -0.39 is 0 Å². The fourth-order valence-electron chi connectivity index (χ4n) is 3.85. The highest BCUT2D eigenvalue weighted by molar-refractivity contribution is 7.99. The Hall–Kier alpha value is -1.44. The van der Waals surface area contributed by atoms with Gasteiger partial charge in [0, 0.05) is 44.3 Å². The third-order valence-electron chi connectivity index (χ3n) is 5.40. The molecule has 0 amide bonds. The number of thioether (sulfide) groups is 1. The lowest BCUT2D eigenvalue weighted by molar-refractivity contribution is 0.129. The molecule has 2 saturated heterocycles. The number of aromatic nitrogens is 4. The first-order valence-corrected chi connectivity index (χ1v) is 10.5. The fourth-order valence-corrected chi connectivity index (χ4v) is 4.83. The van der Waals surface area contributed by atoms with Gasteiger partial charge >= 0.3 is 0 Å². The van der Waals surface area contributed by atoms with Crippen LogP contribution in [-0.4, -0.2) is 56.2 Å². The molecule has 4 rings (SSSR count). The molecule has 0 spiro atoms. The van der Waals surface area contributed by atoms with Gasteiger partial charge in [0.15, 0.2) is 5.16 Å². The van der Waals surface area contributed by atoms with Crippen LogP contribution in [0.15, 0.2) is 29.7 Å². The van der Waals surface area contributed by atoms with E-state index in [9.17, 15) is 0 Å². The molecule has 4 heterocycles. The molecule has 2 aliphatic heterocycles. The number of hydrogen-bond acceptors (Lipinski definition) is 6. The van der Waals surface area contributed by atoms with Crippen LogP contribution in [0.2, 0.25) is 0 Å². The average Bonchev–Trinajstić information content (AvgIpc) is 3.31. The second-order valence-corrected chi connectivity index (χ2v) is 8.24. The molecular formula is C19H27N5OS. The Morgan fingerprint density at radius 2 is 1.96 bits per heavy atom. The van der Waals surface area contributed by atoms with E-state index in [4.69, 9.17) is 4.74 Å². The summed E-state index contributed by atoms with van der Waals surface area (Å²) in [6.07, 6.45) is 8.79. The fraction of sp³-hybridized carbons (Fsp3) is 0.632. The number of nitrogens with zero attached hydrogens (tertiary/aromatic N) is 5. The Kier molecular flexibility index (Phi) is 5.87. The SMILES string of the molecule is Cn1c(SCC2CCCO2)nnc1C1CCN(Cc2ccncc2)CC1. The number of hydrogen-bond donors (Lipinski definition) is 0. The summed E-state index contributed by atoms with van der Waals surface area (Å²) >= 11 is 1.78. The second-order valence-electron chi connectivity index (χ2n) is 7.25. The molecule has 2 aromatic rings. The van der Waals surface area contributed by atoms with Gasteiger partial charge in [0.25, 0.3) is 0 Å². The van der Waals surface area contributed by atoms with Crippen molar-refractivity contribution >= 4 is 11.8 Å². The van der Waals surface area contributed by atoms with E-state index in [0.29, 0.717) is 12.0 Å². The highest BCUT2D eigenvalue weighted by Gasteiger charge is 2.26. The predicted octanol–water partition coefficient (Wildman–Crippen LogP) is 2.86. The van der Waals surface area contributed by atoms with Crippen LogP contribution in [0.3, 0.4) is 0 Å². The molecule has 2 aliphatic rings. The molecule has 2 fully saturated rings. The van der Waals surface area contributed by atoms with Gasteiger partial charge in [0.2, 0.25) is 0 Å². The molecule has 2 aromatic heterocycles. The minimum absolute atomic E-state index is 0.386. The summed E-state index contributed by atoms with van der Waals surface area (Å²) in [6.45, 7) is 4.14. The van der Waals surface area contributed by atoms with Crippen molar-refractivity contribution in [2.45, 2.75) is 49.4 Å². The van der Waals surface area contributed by atoms with Crippen LogP contribution >= 0.6 is 11.8 Å².